The van der Waals surface area contributed by atoms with E-state index >= 15 is 0 Å². The summed E-state index contributed by atoms with van der Waals surface area (Å²) in [5, 5.41) is 0. The molecular formula is C22H37N3O2. The molecule has 0 bridgehead atoms. The van der Waals surface area contributed by atoms with Crippen LogP contribution in [0.25, 0.3) is 0 Å². The fourth-order valence-corrected chi connectivity index (χ4v) is 3.74. The van der Waals surface area contributed by atoms with Gasteiger partial charge in [-0.05, 0) is 72.5 Å². The van der Waals surface area contributed by atoms with Crippen molar-refractivity contribution >= 4 is 11.9 Å². The van der Waals surface area contributed by atoms with E-state index in [1.165, 1.54) is 12.8 Å². The number of carbonyl (C=O) groups excluding carboxylic acids is 1. The van der Waals surface area contributed by atoms with Crippen molar-refractivity contribution in [1.82, 2.24) is 9.88 Å². The Hall–Kier alpha value is -1.62. The SMILES string of the molecule is CCCN1CCCC[C@H]1c1cccnc1N(C(=O)OC(C)(C)C)[C@H](C)CC. The molecule has 1 aromatic heterocycles. The van der Waals surface area contributed by atoms with Crippen LogP contribution in [0.3, 0.4) is 0 Å². The van der Waals surface area contributed by atoms with Crippen molar-refractivity contribution in [2.45, 2.75) is 91.3 Å². The second-order valence-corrected chi connectivity index (χ2v) is 8.57. The van der Waals surface area contributed by atoms with Gasteiger partial charge in [-0.3, -0.25) is 9.80 Å². The lowest BCUT2D eigenvalue weighted by atomic mass is 9.94. The lowest BCUT2D eigenvalue weighted by molar-refractivity contribution is 0.0564. The summed E-state index contributed by atoms with van der Waals surface area (Å²) in [4.78, 5) is 22.0. The molecular weight excluding hydrogens is 338 g/mol. The van der Waals surface area contributed by atoms with E-state index in [0.29, 0.717) is 6.04 Å². The zero-order valence-electron chi connectivity index (χ0n) is 18.0. The van der Waals surface area contributed by atoms with E-state index < -0.39 is 5.60 Å². The summed E-state index contributed by atoms with van der Waals surface area (Å²) >= 11 is 0. The van der Waals surface area contributed by atoms with Crippen LogP contribution in [-0.2, 0) is 4.74 Å². The molecule has 2 rings (SSSR count). The van der Waals surface area contributed by atoms with Gasteiger partial charge in [-0.15, -0.1) is 0 Å². The third kappa shape index (κ3) is 5.68. The van der Waals surface area contributed by atoms with Gasteiger partial charge in [-0.25, -0.2) is 9.78 Å². The van der Waals surface area contributed by atoms with Crippen LogP contribution >= 0.6 is 0 Å². The van der Waals surface area contributed by atoms with E-state index in [0.717, 1.165) is 43.7 Å². The first-order chi connectivity index (χ1) is 12.8. The van der Waals surface area contributed by atoms with Gasteiger partial charge in [0.15, 0.2) is 0 Å². The molecule has 152 valence electrons. The number of ether oxygens (including phenoxy) is 1. The van der Waals surface area contributed by atoms with E-state index in [1.807, 2.05) is 26.8 Å². The number of anilines is 1. The molecule has 0 N–H and O–H groups in total. The molecule has 0 aliphatic carbocycles. The largest absolute Gasteiger partial charge is 0.443 e. The molecule has 1 aromatic rings. The van der Waals surface area contributed by atoms with Crippen LogP contribution < -0.4 is 4.90 Å². The predicted octanol–water partition coefficient (Wildman–Crippen LogP) is 5.56. The van der Waals surface area contributed by atoms with Crippen molar-refractivity contribution in [3.63, 3.8) is 0 Å². The number of pyridine rings is 1. The van der Waals surface area contributed by atoms with Gasteiger partial charge in [0.25, 0.3) is 0 Å². The summed E-state index contributed by atoms with van der Waals surface area (Å²) in [6.07, 6.45) is 7.02. The number of aromatic nitrogens is 1. The minimum atomic E-state index is -0.531. The van der Waals surface area contributed by atoms with Crippen molar-refractivity contribution in [2.75, 3.05) is 18.0 Å². The summed E-state index contributed by atoms with van der Waals surface area (Å²) in [5.74, 6) is 0.758. The fourth-order valence-electron chi connectivity index (χ4n) is 3.74. The summed E-state index contributed by atoms with van der Waals surface area (Å²) in [6.45, 7) is 14.3. The van der Waals surface area contributed by atoms with Gasteiger partial charge in [0, 0.05) is 23.8 Å². The topological polar surface area (TPSA) is 45.7 Å². The molecule has 0 aromatic carbocycles. The van der Waals surface area contributed by atoms with E-state index in [-0.39, 0.29) is 12.1 Å². The van der Waals surface area contributed by atoms with Crippen molar-refractivity contribution in [2.24, 2.45) is 0 Å². The van der Waals surface area contributed by atoms with E-state index in [2.05, 4.69) is 36.7 Å². The highest BCUT2D eigenvalue weighted by Crippen LogP contribution is 2.36. The molecule has 1 amide bonds. The Morgan fingerprint density at radius 2 is 2.11 bits per heavy atom. The highest BCUT2D eigenvalue weighted by molar-refractivity contribution is 5.88. The number of hydrogen-bond acceptors (Lipinski definition) is 4. The molecule has 0 spiro atoms. The number of carbonyl (C=O) groups is 1. The molecule has 5 nitrogen and oxygen atoms in total. The molecule has 1 fully saturated rings. The maximum atomic E-state index is 13.1. The zero-order valence-corrected chi connectivity index (χ0v) is 18.0. The number of piperidine rings is 1. The number of likely N-dealkylation sites (tertiary alicyclic amines) is 1. The minimum Gasteiger partial charge on any atom is -0.443 e. The highest BCUT2D eigenvalue weighted by atomic mass is 16.6. The molecule has 5 heteroatoms. The highest BCUT2D eigenvalue weighted by Gasteiger charge is 2.33. The summed E-state index contributed by atoms with van der Waals surface area (Å²) in [6, 6.07) is 4.47. The number of amides is 1. The molecule has 2 heterocycles. The number of hydrogen-bond donors (Lipinski definition) is 0. The Bertz CT molecular complexity index is 610. The van der Waals surface area contributed by atoms with Crippen molar-refractivity contribution in [3.05, 3.63) is 23.9 Å². The van der Waals surface area contributed by atoms with Crippen LogP contribution in [-0.4, -0.2) is 40.7 Å². The normalized spacial score (nSPS) is 19.6. The summed E-state index contributed by atoms with van der Waals surface area (Å²) in [5.41, 5.74) is 0.619. The fraction of sp³-hybridized carbons (Fsp3) is 0.727. The van der Waals surface area contributed by atoms with Gasteiger partial charge in [0.05, 0.1) is 0 Å². The first kappa shape index (κ1) is 21.7. The Morgan fingerprint density at radius 1 is 1.37 bits per heavy atom. The summed E-state index contributed by atoms with van der Waals surface area (Å²) < 4.78 is 5.73. The van der Waals surface area contributed by atoms with Gasteiger partial charge in [-0.1, -0.05) is 26.3 Å². The van der Waals surface area contributed by atoms with Crippen molar-refractivity contribution in [1.29, 1.82) is 0 Å². The minimum absolute atomic E-state index is 0.0247. The summed E-state index contributed by atoms with van der Waals surface area (Å²) in [7, 11) is 0. The van der Waals surface area contributed by atoms with Crippen molar-refractivity contribution < 1.29 is 9.53 Å². The Morgan fingerprint density at radius 3 is 2.74 bits per heavy atom. The molecule has 27 heavy (non-hydrogen) atoms. The first-order valence-corrected chi connectivity index (χ1v) is 10.5. The van der Waals surface area contributed by atoms with Crippen molar-refractivity contribution in [3.8, 4) is 0 Å². The molecule has 1 aliphatic heterocycles. The van der Waals surface area contributed by atoms with Crippen LogP contribution in [0.15, 0.2) is 18.3 Å². The quantitative estimate of drug-likeness (QED) is 0.653. The molecule has 1 saturated heterocycles. The van der Waals surface area contributed by atoms with Gasteiger partial charge in [-0.2, -0.15) is 0 Å². The van der Waals surface area contributed by atoms with E-state index in [1.54, 1.807) is 11.1 Å². The molecule has 1 aliphatic rings. The van der Waals surface area contributed by atoms with Crippen LogP contribution in [0.1, 0.15) is 85.3 Å². The Kier molecular flexibility index (Phi) is 7.66. The van der Waals surface area contributed by atoms with Gasteiger partial charge < -0.3 is 4.74 Å². The smallest absolute Gasteiger partial charge is 0.416 e. The lowest BCUT2D eigenvalue weighted by Crippen LogP contribution is -2.44. The van der Waals surface area contributed by atoms with E-state index in [9.17, 15) is 4.79 Å². The van der Waals surface area contributed by atoms with Gasteiger partial charge in [0.1, 0.15) is 11.4 Å². The third-order valence-corrected chi connectivity index (χ3v) is 5.15. The third-order valence-electron chi connectivity index (χ3n) is 5.15. The maximum absolute atomic E-state index is 13.1. The second-order valence-electron chi connectivity index (χ2n) is 8.57. The number of nitrogens with zero attached hydrogens (tertiary/aromatic N) is 3. The number of rotatable bonds is 6. The molecule has 0 radical (unpaired) electrons. The Balaban J connectivity index is 2.43. The molecule has 2 atom stereocenters. The second kappa shape index (κ2) is 9.54. The Labute approximate surface area is 165 Å². The predicted molar refractivity (Wildman–Crippen MR) is 111 cm³/mol. The van der Waals surface area contributed by atoms with E-state index in [4.69, 9.17) is 4.74 Å². The van der Waals surface area contributed by atoms with Gasteiger partial charge in [0.2, 0.25) is 0 Å². The van der Waals surface area contributed by atoms with Gasteiger partial charge >= 0.3 is 6.09 Å². The van der Waals surface area contributed by atoms with Crippen LogP contribution in [0, 0.1) is 0 Å². The average Bonchev–Trinajstić information content (AvgIpc) is 2.61. The molecule has 0 unspecified atom stereocenters. The monoisotopic (exact) mass is 375 g/mol. The average molecular weight is 376 g/mol. The lowest BCUT2D eigenvalue weighted by Gasteiger charge is -2.38. The van der Waals surface area contributed by atoms with Crippen LogP contribution in [0.2, 0.25) is 0 Å². The van der Waals surface area contributed by atoms with Crippen LogP contribution in [0.5, 0.6) is 0 Å². The standard InChI is InChI=1S/C22H37N3O2/c1-7-15-24-16-10-9-13-19(24)18-12-11-14-23-20(18)25(17(3)8-2)21(26)27-22(4,5)6/h11-12,14,17,19H,7-10,13,15-16H2,1-6H3/t17-,19+/m1/s1. The van der Waals surface area contributed by atoms with Crippen LogP contribution in [0.4, 0.5) is 10.6 Å². The maximum Gasteiger partial charge on any atom is 0.416 e. The first-order valence-electron chi connectivity index (χ1n) is 10.5. The molecule has 0 saturated carbocycles. The zero-order chi connectivity index (χ0) is 20.0.